The molecule has 0 N–H and O–H groups in total. The highest BCUT2D eigenvalue weighted by atomic mass is 79.9. The number of pyridine rings is 1. The molecule has 1 aliphatic heterocycles. The normalized spacial score (nSPS) is 17.7. The van der Waals surface area contributed by atoms with Crippen LogP contribution in [-0.2, 0) is 0 Å². The fourth-order valence-corrected chi connectivity index (χ4v) is 1.99. The molecular formula is C9H11BrN2. The molecule has 1 aliphatic rings. The van der Waals surface area contributed by atoms with E-state index in [9.17, 15) is 0 Å². The molecule has 0 amide bonds. The van der Waals surface area contributed by atoms with Crippen molar-refractivity contribution in [2.24, 2.45) is 5.92 Å². The minimum atomic E-state index is 0.818. The van der Waals surface area contributed by atoms with E-state index in [1.807, 2.05) is 18.3 Å². The molecule has 1 aromatic heterocycles. The van der Waals surface area contributed by atoms with Crippen LogP contribution in [0.4, 0.5) is 5.82 Å². The molecule has 0 spiro atoms. The van der Waals surface area contributed by atoms with Gasteiger partial charge in [-0.2, -0.15) is 0 Å². The highest BCUT2D eigenvalue weighted by Gasteiger charge is 2.24. The van der Waals surface area contributed by atoms with Crippen molar-refractivity contribution in [3.05, 3.63) is 22.8 Å². The maximum atomic E-state index is 4.31. The first-order chi connectivity index (χ1) is 5.77. The largest absolute Gasteiger partial charge is 0.355 e. The second-order valence-electron chi connectivity index (χ2n) is 3.32. The predicted molar refractivity (Wildman–Crippen MR) is 53.3 cm³/mol. The van der Waals surface area contributed by atoms with Crippen LogP contribution < -0.4 is 4.90 Å². The van der Waals surface area contributed by atoms with Gasteiger partial charge in [0.15, 0.2) is 0 Å². The lowest BCUT2D eigenvalue weighted by Gasteiger charge is -2.38. The van der Waals surface area contributed by atoms with Crippen LogP contribution in [0.3, 0.4) is 0 Å². The number of hydrogen-bond acceptors (Lipinski definition) is 2. The second-order valence-corrected chi connectivity index (χ2v) is 4.17. The fourth-order valence-electron chi connectivity index (χ4n) is 1.48. The maximum absolute atomic E-state index is 4.31. The summed E-state index contributed by atoms with van der Waals surface area (Å²) in [5, 5.41) is 0. The van der Waals surface area contributed by atoms with Gasteiger partial charge < -0.3 is 4.90 Å². The van der Waals surface area contributed by atoms with Gasteiger partial charge in [-0.05, 0) is 34.0 Å². The summed E-state index contributed by atoms with van der Waals surface area (Å²) in [6.07, 6.45) is 1.84. The lowest BCUT2D eigenvalue weighted by atomic mass is 10.0. The quantitative estimate of drug-likeness (QED) is 0.731. The summed E-state index contributed by atoms with van der Waals surface area (Å²) >= 11 is 3.49. The molecule has 64 valence electrons. The maximum Gasteiger partial charge on any atom is 0.142 e. The van der Waals surface area contributed by atoms with E-state index >= 15 is 0 Å². The first-order valence-electron chi connectivity index (χ1n) is 4.13. The van der Waals surface area contributed by atoms with Gasteiger partial charge in [0, 0.05) is 19.3 Å². The average Bonchev–Trinajstić information content (AvgIpc) is 2.01. The first kappa shape index (κ1) is 8.05. The van der Waals surface area contributed by atoms with E-state index < -0.39 is 0 Å². The van der Waals surface area contributed by atoms with Gasteiger partial charge in [-0.15, -0.1) is 0 Å². The van der Waals surface area contributed by atoms with E-state index in [1.54, 1.807) is 0 Å². The van der Waals surface area contributed by atoms with E-state index in [4.69, 9.17) is 0 Å². The third-order valence-corrected chi connectivity index (χ3v) is 2.72. The van der Waals surface area contributed by atoms with Gasteiger partial charge in [-0.25, -0.2) is 4.98 Å². The van der Waals surface area contributed by atoms with Crippen LogP contribution in [0, 0.1) is 5.92 Å². The number of halogens is 1. The summed E-state index contributed by atoms with van der Waals surface area (Å²) in [7, 11) is 0. The number of aromatic nitrogens is 1. The third-order valence-electron chi connectivity index (χ3n) is 2.10. The second kappa shape index (κ2) is 3.05. The van der Waals surface area contributed by atoms with Gasteiger partial charge in [-0.1, -0.05) is 6.92 Å². The SMILES string of the molecule is CC1CN(c2ncccc2Br)C1. The molecule has 2 nitrogen and oxygen atoms in total. The van der Waals surface area contributed by atoms with Gasteiger partial charge in [-0.3, -0.25) is 0 Å². The van der Waals surface area contributed by atoms with Crippen LogP contribution >= 0.6 is 15.9 Å². The Morgan fingerprint density at radius 2 is 2.33 bits per heavy atom. The number of hydrogen-bond donors (Lipinski definition) is 0. The molecule has 0 radical (unpaired) electrons. The minimum absolute atomic E-state index is 0.818. The first-order valence-corrected chi connectivity index (χ1v) is 4.92. The molecule has 1 aromatic rings. The highest BCUT2D eigenvalue weighted by Crippen LogP contribution is 2.28. The molecular weight excluding hydrogens is 216 g/mol. The monoisotopic (exact) mass is 226 g/mol. The zero-order chi connectivity index (χ0) is 8.55. The van der Waals surface area contributed by atoms with Crippen molar-refractivity contribution in [1.29, 1.82) is 0 Å². The molecule has 1 fully saturated rings. The van der Waals surface area contributed by atoms with E-state index in [0.717, 1.165) is 29.3 Å². The van der Waals surface area contributed by atoms with Crippen molar-refractivity contribution in [1.82, 2.24) is 4.98 Å². The Kier molecular flexibility index (Phi) is 2.05. The summed E-state index contributed by atoms with van der Waals surface area (Å²) in [6.45, 7) is 4.53. The van der Waals surface area contributed by atoms with Gasteiger partial charge in [0.05, 0.1) is 4.47 Å². The third kappa shape index (κ3) is 1.33. The van der Waals surface area contributed by atoms with Crippen LogP contribution in [0.5, 0.6) is 0 Å². The van der Waals surface area contributed by atoms with Crippen LogP contribution in [0.15, 0.2) is 22.8 Å². The van der Waals surface area contributed by atoms with Crippen molar-refractivity contribution in [3.8, 4) is 0 Å². The van der Waals surface area contributed by atoms with Gasteiger partial charge in [0.1, 0.15) is 5.82 Å². The van der Waals surface area contributed by atoms with Gasteiger partial charge in [0.25, 0.3) is 0 Å². The number of nitrogens with zero attached hydrogens (tertiary/aromatic N) is 2. The summed E-state index contributed by atoms with van der Waals surface area (Å²) < 4.78 is 1.09. The fraction of sp³-hybridized carbons (Fsp3) is 0.444. The Hall–Kier alpha value is -0.570. The molecule has 2 heterocycles. The average molecular weight is 227 g/mol. The van der Waals surface area contributed by atoms with Crippen LogP contribution in [0.25, 0.3) is 0 Å². The summed E-state index contributed by atoms with van der Waals surface area (Å²) in [5.74, 6) is 1.90. The lowest BCUT2D eigenvalue weighted by Crippen LogP contribution is -2.45. The topological polar surface area (TPSA) is 16.1 Å². The lowest BCUT2D eigenvalue weighted by molar-refractivity contribution is 0.443. The van der Waals surface area contributed by atoms with Crippen molar-refractivity contribution in [2.45, 2.75) is 6.92 Å². The molecule has 2 rings (SSSR count). The summed E-state index contributed by atoms with van der Waals surface area (Å²) in [6, 6.07) is 3.97. The van der Waals surface area contributed by atoms with Crippen LogP contribution in [-0.4, -0.2) is 18.1 Å². The van der Waals surface area contributed by atoms with Crippen molar-refractivity contribution >= 4 is 21.7 Å². The van der Waals surface area contributed by atoms with Crippen molar-refractivity contribution in [3.63, 3.8) is 0 Å². The summed E-state index contributed by atoms with van der Waals surface area (Å²) in [5.41, 5.74) is 0. The Balaban J connectivity index is 2.18. The molecule has 3 heteroatoms. The van der Waals surface area contributed by atoms with E-state index in [0.29, 0.717) is 0 Å². The van der Waals surface area contributed by atoms with E-state index in [-0.39, 0.29) is 0 Å². The molecule has 12 heavy (non-hydrogen) atoms. The number of anilines is 1. The zero-order valence-electron chi connectivity index (χ0n) is 7.00. The van der Waals surface area contributed by atoms with Crippen molar-refractivity contribution in [2.75, 3.05) is 18.0 Å². The minimum Gasteiger partial charge on any atom is -0.355 e. The van der Waals surface area contributed by atoms with Gasteiger partial charge in [0.2, 0.25) is 0 Å². The smallest absolute Gasteiger partial charge is 0.142 e. The Morgan fingerprint density at radius 3 is 2.92 bits per heavy atom. The molecule has 0 bridgehead atoms. The van der Waals surface area contributed by atoms with Gasteiger partial charge >= 0.3 is 0 Å². The van der Waals surface area contributed by atoms with Crippen LogP contribution in [0.1, 0.15) is 6.92 Å². The van der Waals surface area contributed by atoms with E-state index in [1.165, 1.54) is 0 Å². The molecule has 0 saturated carbocycles. The zero-order valence-corrected chi connectivity index (χ0v) is 8.58. The Labute approximate surface area is 80.7 Å². The van der Waals surface area contributed by atoms with Crippen LogP contribution in [0.2, 0.25) is 0 Å². The van der Waals surface area contributed by atoms with E-state index in [2.05, 4.69) is 32.7 Å². The standard InChI is InChI=1S/C9H11BrN2/c1-7-5-12(6-7)9-8(10)3-2-4-11-9/h2-4,7H,5-6H2,1H3. The molecule has 0 atom stereocenters. The molecule has 0 aromatic carbocycles. The predicted octanol–water partition coefficient (Wildman–Crippen LogP) is 2.30. The summed E-state index contributed by atoms with van der Waals surface area (Å²) in [4.78, 5) is 6.60. The molecule has 0 unspecified atom stereocenters. The number of rotatable bonds is 1. The van der Waals surface area contributed by atoms with Crippen molar-refractivity contribution < 1.29 is 0 Å². The molecule has 0 aliphatic carbocycles. The Morgan fingerprint density at radius 1 is 1.58 bits per heavy atom. The molecule has 1 saturated heterocycles. The highest BCUT2D eigenvalue weighted by molar-refractivity contribution is 9.10. The Bertz CT molecular complexity index is 282.